The van der Waals surface area contributed by atoms with Crippen LogP contribution < -0.4 is 5.73 Å². The maximum atomic E-state index is 12.6. The molecule has 1 unspecified atom stereocenters. The molecule has 0 saturated carbocycles. The predicted molar refractivity (Wildman–Crippen MR) is 229 cm³/mol. The first-order valence-corrected chi connectivity index (χ1v) is 23.6. The molecule has 9 nitrogen and oxygen atoms in total. The number of carbonyl (C=O) groups excluding carboxylic acids is 2. The van der Waals surface area contributed by atoms with Crippen molar-refractivity contribution < 1.29 is 37.6 Å². The third-order valence-electron chi connectivity index (χ3n) is 9.23. The largest absolute Gasteiger partial charge is 0.472 e. The van der Waals surface area contributed by atoms with Crippen LogP contribution in [-0.4, -0.2) is 49.3 Å². The van der Waals surface area contributed by atoms with Crippen molar-refractivity contribution in [1.29, 1.82) is 0 Å². The molecule has 0 aliphatic heterocycles. The lowest BCUT2D eigenvalue weighted by molar-refractivity contribution is -0.161. The Morgan fingerprint density at radius 3 is 1.49 bits per heavy atom. The fourth-order valence-electron chi connectivity index (χ4n) is 5.98. The summed E-state index contributed by atoms with van der Waals surface area (Å²) in [6, 6.07) is 0. The van der Waals surface area contributed by atoms with Crippen molar-refractivity contribution in [2.24, 2.45) is 5.73 Å². The third kappa shape index (κ3) is 41.4. The van der Waals surface area contributed by atoms with Gasteiger partial charge in [0.15, 0.2) is 6.10 Å². The van der Waals surface area contributed by atoms with Gasteiger partial charge in [0.05, 0.1) is 13.2 Å². The summed E-state index contributed by atoms with van der Waals surface area (Å²) in [6.45, 7) is 3.60. The highest BCUT2D eigenvalue weighted by Gasteiger charge is 2.26. The molecular formula is C45H82NO8P. The van der Waals surface area contributed by atoms with Gasteiger partial charge in [-0.15, -0.1) is 0 Å². The standard InChI is InChI=1S/C45H82NO8P/c1-3-5-7-9-11-13-15-17-19-21-23-25-27-29-31-33-35-37-44(47)51-41-43(42-53-55(49,50)52-40-39-46)54-45(48)38-36-34-32-30-28-26-24-22-20-18-16-14-12-10-8-6-4-2/h6,8,12,14,18,20,24,26,43H,3-5,7,9-11,13,15-17,19,21-23,25,27-42,46H2,1-2H3,(H,49,50)/t43-/m1/s1. The first kappa shape index (κ1) is 53.0. The van der Waals surface area contributed by atoms with Gasteiger partial charge in [-0.2, -0.15) is 0 Å². The third-order valence-corrected chi connectivity index (χ3v) is 10.2. The molecule has 0 heterocycles. The molecule has 0 aliphatic carbocycles. The number of carbonyl (C=O) groups is 2. The Hall–Kier alpha value is -2.03. The average Bonchev–Trinajstić information content (AvgIpc) is 3.17. The van der Waals surface area contributed by atoms with E-state index >= 15 is 0 Å². The molecule has 55 heavy (non-hydrogen) atoms. The summed E-state index contributed by atoms with van der Waals surface area (Å²) < 4.78 is 32.8. The van der Waals surface area contributed by atoms with Gasteiger partial charge < -0.3 is 20.1 Å². The number of nitrogens with two attached hydrogens (primary N) is 1. The molecule has 320 valence electrons. The van der Waals surface area contributed by atoms with Gasteiger partial charge in [-0.25, -0.2) is 4.57 Å². The number of allylic oxidation sites excluding steroid dienone is 8. The van der Waals surface area contributed by atoms with Gasteiger partial charge in [-0.3, -0.25) is 18.6 Å². The molecule has 3 N–H and O–H groups in total. The molecule has 0 saturated heterocycles. The van der Waals surface area contributed by atoms with E-state index in [0.29, 0.717) is 6.42 Å². The molecule has 0 aromatic rings. The van der Waals surface area contributed by atoms with E-state index in [1.807, 2.05) is 0 Å². The number of hydrogen-bond donors (Lipinski definition) is 2. The maximum absolute atomic E-state index is 12.6. The number of rotatable bonds is 41. The predicted octanol–water partition coefficient (Wildman–Crippen LogP) is 12.7. The van der Waals surface area contributed by atoms with E-state index in [4.69, 9.17) is 24.3 Å². The van der Waals surface area contributed by atoms with Gasteiger partial charge in [0.1, 0.15) is 6.61 Å². The molecule has 0 amide bonds. The highest BCUT2D eigenvalue weighted by molar-refractivity contribution is 7.47. The van der Waals surface area contributed by atoms with E-state index < -0.39 is 26.5 Å². The van der Waals surface area contributed by atoms with E-state index in [1.54, 1.807) is 0 Å². The van der Waals surface area contributed by atoms with Crippen LogP contribution >= 0.6 is 7.82 Å². The molecule has 0 aromatic heterocycles. The first-order chi connectivity index (χ1) is 26.8. The number of esters is 2. The van der Waals surface area contributed by atoms with Crippen LogP contribution in [0.2, 0.25) is 0 Å². The van der Waals surface area contributed by atoms with Gasteiger partial charge in [-0.05, 0) is 51.4 Å². The number of hydrogen-bond acceptors (Lipinski definition) is 8. The first-order valence-electron chi connectivity index (χ1n) is 22.1. The molecule has 0 bridgehead atoms. The van der Waals surface area contributed by atoms with Crippen molar-refractivity contribution in [2.45, 2.75) is 200 Å². The van der Waals surface area contributed by atoms with Crippen LogP contribution in [0.1, 0.15) is 194 Å². The summed E-state index contributed by atoms with van der Waals surface area (Å²) in [6.07, 6.45) is 47.1. The van der Waals surface area contributed by atoms with Crippen LogP contribution in [0.3, 0.4) is 0 Å². The highest BCUT2D eigenvalue weighted by Crippen LogP contribution is 2.43. The number of phosphoric ester groups is 1. The molecule has 0 aromatic carbocycles. The van der Waals surface area contributed by atoms with Crippen LogP contribution in [0.4, 0.5) is 0 Å². The van der Waals surface area contributed by atoms with Crippen LogP contribution in [0, 0.1) is 0 Å². The Kier molecular flexibility index (Phi) is 40.1. The molecule has 0 aliphatic rings. The summed E-state index contributed by atoms with van der Waals surface area (Å²) >= 11 is 0. The summed E-state index contributed by atoms with van der Waals surface area (Å²) in [5.74, 6) is -0.853. The Morgan fingerprint density at radius 2 is 1.00 bits per heavy atom. The minimum absolute atomic E-state index is 0.0484. The molecule has 0 spiro atoms. The SMILES string of the molecule is CCC=CCC=CCC=CCC=CCCCCCCC(=O)O[C@H](COC(=O)CCCCCCCCCCCCCCCCCCC)COP(=O)(O)OCCN. The van der Waals surface area contributed by atoms with Crippen LogP contribution in [0.25, 0.3) is 0 Å². The van der Waals surface area contributed by atoms with Crippen LogP contribution in [0.15, 0.2) is 48.6 Å². The molecule has 0 fully saturated rings. The van der Waals surface area contributed by atoms with Gasteiger partial charge in [-0.1, -0.05) is 178 Å². The lowest BCUT2D eigenvalue weighted by atomic mass is 10.0. The van der Waals surface area contributed by atoms with Crippen LogP contribution in [-0.2, 0) is 32.7 Å². The quantitative estimate of drug-likeness (QED) is 0.0268. The Morgan fingerprint density at radius 1 is 0.564 bits per heavy atom. The average molecular weight is 796 g/mol. The maximum Gasteiger partial charge on any atom is 0.472 e. The van der Waals surface area contributed by atoms with Crippen LogP contribution in [0.5, 0.6) is 0 Å². The minimum atomic E-state index is -4.38. The van der Waals surface area contributed by atoms with Gasteiger partial charge >= 0.3 is 19.8 Å². The molecule has 0 radical (unpaired) electrons. The molecule has 0 rings (SSSR count). The summed E-state index contributed by atoms with van der Waals surface area (Å²) in [7, 11) is -4.38. The minimum Gasteiger partial charge on any atom is -0.462 e. The number of ether oxygens (including phenoxy) is 2. The van der Waals surface area contributed by atoms with E-state index in [0.717, 1.165) is 70.6 Å². The highest BCUT2D eigenvalue weighted by atomic mass is 31.2. The normalized spacial score (nSPS) is 13.7. The number of phosphoric acid groups is 1. The van der Waals surface area contributed by atoms with E-state index in [1.165, 1.54) is 89.9 Å². The molecule has 2 atom stereocenters. The van der Waals surface area contributed by atoms with Gasteiger partial charge in [0.25, 0.3) is 0 Å². The number of unbranched alkanes of at least 4 members (excludes halogenated alkanes) is 20. The van der Waals surface area contributed by atoms with Crippen molar-refractivity contribution in [2.75, 3.05) is 26.4 Å². The Bertz CT molecular complexity index is 1040. The van der Waals surface area contributed by atoms with Crippen molar-refractivity contribution in [3.05, 3.63) is 48.6 Å². The zero-order chi connectivity index (χ0) is 40.3. The Labute approximate surface area is 336 Å². The van der Waals surface area contributed by atoms with Crippen molar-refractivity contribution in [3.63, 3.8) is 0 Å². The van der Waals surface area contributed by atoms with E-state index in [-0.39, 0.29) is 38.6 Å². The fraction of sp³-hybridized carbons (Fsp3) is 0.778. The second-order valence-corrected chi connectivity index (χ2v) is 16.0. The summed E-state index contributed by atoms with van der Waals surface area (Å²) in [5, 5.41) is 0. The summed E-state index contributed by atoms with van der Waals surface area (Å²) in [5.41, 5.74) is 5.35. The van der Waals surface area contributed by atoms with Gasteiger partial charge in [0.2, 0.25) is 0 Å². The molecule has 10 heteroatoms. The fourth-order valence-corrected chi connectivity index (χ4v) is 6.74. The zero-order valence-corrected chi connectivity index (χ0v) is 36.0. The second-order valence-electron chi connectivity index (χ2n) is 14.5. The molecular weight excluding hydrogens is 713 g/mol. The lowest BCUT2D eigenvalue weighted by Gasteiger charge is -2.19. The second kappa shape index (κ2) is 41.6. The Balaban J connectivity index is 4.17. The van der Waals surface area contributed by atoms with E-state index in [9.17, 15) is 19.0 Å². The summed E-state index contributed by atoms with van der Waals surface area (Å²) in [4.78, 5) is 34.9. The smallest absolute Gasteiger partial charge is 0.462 e. The van der Waals surface area contributed by atoms with Crippen molar-refractivity contribution >= 4 is 19.8 Å². The zero-order valence-electron chi connectivity index (χ0n) is 35.2. The van der Waals surface area contributed by atoms with Gasteiger partial charge in [0, 0.05) is 19.4 Å². The lowest BCUT2D eigenvalue weighted by Crippen LogP contribution is -2.29. The van der Waals surface area contributed by atoms with E-state index in [2.05, 4.69) is 62.5 Å². The topological polar surface area (TPSA) is 134 Å². The van der Waals surface area contributed by atoms with Crippen molar-refractivity contribution in [1.82, 2.24) is 0 Å². The van der Waals surface area contributed by atoms with Crippen molar-refractivity contribution in [3.8, 4) is 0 Å². The monoisotopic (exact) mass is 796 g/mol.